The molecular weight excluding hydrogens is 457 g/mol. The van der Waals surface area contributed by atoms with E-state index in [0.29, 0.717) is 25.3 Å². The van der Waals surface area contributed by atoms with Gasteiger partial charge < -0.3 is 14.6 Å². The average Bonchev–Trinajstić information content (AvgIpc) is 2.84. The summed E-state index contributed by atoms with van der Waals surface area (Å²) < 4.78 is 25.9. The van der Waals surface area contributed by atoms with E-state index >= 15 is 0 Å². The minimum Gasteiger partial charge on any atom is -0.480 e. The number of unbranched alkanes of at least 4 members (excludes halogenated alkanes) is 4. The second-order valence-electron chi connectivity index (χ2n) is 9.68. The summed E-state index contributed by atoms with van der Waals surface area (Å²) in [6.07, 6.45) is 11.4. The summed E-state index contributed by atoms with van der Waals surface area (Å²) in [6, 6.07) is 3.69. The van der Waals surface area contributed by atoms with E-state index in [1.54, 1.807) is 13.2 Å². The van der Waals surface area contributed by atoms with E-state index in [9.17, 15) is 14.3 Å². The molecule has 2 rings (SSSR count). The number of carbonyl (C=O) groups is 1. The summed E-state index contributed by atoms with van der Waals surface area (Å²) >= 11 is 0. The van der Waals surface area contributed by atoms with Crippen molar-refractivity contribution in [2.45, 2.75) is 110 Å². The number of benzene rings is 1. The van der Waals surface area contributed by atoms with Crippen LogP contribution in [-0.4, -0.2) is 55.0 Å². The van der Waals surface area contributed by atoms with Gasteiger partial charge in [-0.15, -0.1) is 6.58 Å². The standard InChI is InChI=1S/C26H40FNO4.C4H10/c1-5-8-9-10-11-15-32-20-17-28(18-20)25(26(29)30)23-16-19(27)13-14-21(23)22(12-6-2)24(7-3)31-4;1-3-4-2/h5,13-14,16,20,22,24-25H,1,6-12,15,17-18H2,2-4H3,(H,29,30);3-4H2,1-2H3. The Balaban J connectivity index is 0.00000150. The molecule has 3 atom stereocenters. The first kappa shape index (κ1) is 32.3. The van der Waals surface area contributed by atoms with Crippen LogP contribution in [0.25, 0.3) is 0 Å². The molecule has 0 aromatic heterocycles. The maximum absolute atomic E-state index is 14.3. The number of hydrogen-bond acceptors (Lipinski definition) is 4. The molecule has 0 aliphatic carbocycles. The van der Waals surface area contributed by atoms with Crippen LogP contribution in [0.5, 0.6) is 0 Å². The molecule has 36 heavy (non-hydrogen) atoms. The minimum atomic E-state index is -0.958. The quantitative estimate of drug-likeness (QED) is 0.175. The summed E-state index contributed by atoms with van der Waals surface area (Å²) in [5.74, 6) is -1.35. The fourth-order valence-electron chi connectivity index (χ4n) is 4.68. The minimum absolute atomic E-state index is 0.0244. The van der Waals surface area contributed by atoms with Gasteiger partial charge in [-0.1, -0.05) is 65.5 Å². The number of rotatable bonds is 17. The van der Waals surface area contributed by atoms with Gasteiger partial charge in [0, 0.05) is 32.7 Å². The van der Waals surface area contributed by atoms with Crippen molar-refractivity contribution in [2.75, 3.05) is 26.8 Å². The van der Waals surface area contributed by atoms with Gasteiger partial charge in [0.15, 0.2) is 0 Å². The Hall–Kier alpha value is -1.76. The molecular formula is C30H50FNO4. The molecule has 0 radical (unpaired) electrons. The molecule has 3 unspecified atom stereocenters. The number of ether oxygens (including phenoxy) is 2. The van der Waals surface area contributed by atoms with Crippen LogP contribution >= 0.6 is 0 Å². The number of likely N-dealkylation sites (tertiary alicyclic amines) is 1. The first-order valence-electron chi connectivity index (χ1n) is 13.9. The number of aliphatic carboxylic acids is 1. The summed E-state index contributed by atoms with van der Waals surface area (Å²) in [6.45, 7) is 14.0. The number of methoxy groups -OCH3 is 1. The highest BCUT2D eigenvalue weighted by Crippen LogP contribution is 2.37. The summed E-state index contributed by atoms with van der Waals surface area (Å²) in [5, 5.41) is 10.1. The van der Waals surface area contributed by atoms with Crippen molar-refractivity contribution < 1.29 is 23.8 Å². The monoisotopic (exact) mass is 507 g/mol. The Bertz CT molecular complexity index is 744. The predicted molar refractivity (Wildman–Crippen MR) is 146 cm³/mol. The second kappa shape index (κ2) is 18.5. The van der Waals surface area contributed by atoms with Crippen molar-refractivity contribution in [3.05, 3.63) is 47.8 Å². The number of carboxylic acid groups (broad SMARTS) is 1. The van der Waals surface area contributed by atoms with Crippen molar-refractivity contribution in [1.82, 2.24) is 4.90 Å². The SMILES string of the molecule is C=CCCCCCOC1CN(C(C(=O)O)c2cc(F)ccc2C(CCC)C(CC)OC)C1.CCCC. The third kappa shape index (κ3) is 10.3. The molecule has 0 spiro atoms. The van der Waals surface area contributed by atoms with E-state index in [1.807, 2.05) is 11.0 Å². The van der Waals surface area contributed by atoms with Crippen molar-refractivity contribution >= 4 is 5.97 Å². The van der Waals surface area contributed by atoms with Crippen LogP contribution in [0.1, 0.15) is 109 Å². The van der Waals surface area contributed by atoms with Crippen LogP contribution < -0.4 is 0 Å². The lowest BCUT2D eigenvalue weighted by Crippen LogP contribution is -2.55. The van der Waals surface area contributed by atoms with Crippen LogP contribution in [-0.2, 0) is 14.3 Å². The third-order valence-corrected chi connectivity index (χ3v) is 6.88. The maximum atomic E-state index is 14.3. The predicted octanol–water partition coefficient (Wildman–Crippen LogP) is 7.51. The Morgan fingerprint density at radius 1 is 1.14 bits per heavy atom. The fraction of sp³-hybridized carbons (Fsp3) is 0.700. The number of allylic oxidation sites excluding steroid dienone is 1. The van der Waals surface area contributed by atoms with Crippen LogP contribution in [0.15, 0.2) is 30.9 Å². The van der Waals surface area contributed by atoms with Crippen LogP contribution in [0.2, 0.25) is 0 Å². The molecule has 0 amide bonds. The molecule has 6 heteroatoms. The molecule has 1 fully saturated rings. The van der Waals surface area contributed by atoms with Gasteiger partial charge in [-0.25, -0.2) is 4.39 Å². The van der Waals surface area contributed by atoms with Crippen molar-refractivity contribution in [2.24, 2.45) is 0 Å². The zero-order valence-electron chi connectivity index (χ0n) is 23.3. The Labute approximate surface area is 219 Å². The Morgan fingerprint density at radius 3 is 2.36 bits per heavy atom. The molecule has 1 N–H and O–H groups in total. The lowest BCUT2D eigenvalue weighted by atomic mass is 9.82. The average molecular weight is 508 g/mol. The van der Waals surface area contributed by atoms with Gasteiger partial charge in [-0.3, -0.25) is 9.69 Å². The van der Waals surface area contributed by atoms with Gasteiger partial charge in [0.2, 0.25) is 0 Å². The zero-order chi connectivity index (χ0) is 26.9. The Kier molecular flexibility index (Phi) is 16.6. The van der Waals surface area contributed by atoms with Crippen LogP contribution in [0, 0.1) is 5.82 Å². The first-order valence-corrected chi connectivity index (χ1v) is 13.9. The number of hydrogen-bond donors (Lipinski definition) is 1. The number of nitrogens with zero attached hydrogens (tertiary/aromatic N) is 1. The molecule has 0 saturated carbocycles. The molecule has 5 nitrogen and oxygen atoms in total. The molecule has 1 aliphatic rings. The molecule has 0 bridgehead atoms. The first-order chi connectivity index (χ1) is 17.4. The summed E-state index contributed by atoms with van der Waals surface area (Å²) in [4.78, 5) is 14.2. The fourth-order valence-corrected chi connectivity index (χ4v) is 4.68. The van der Waals surface area contributed by atoms with Gasteiger partial charge >= 0.3 is 5.97 Å². The highest BCUT2D eigenvalue weighted by Gasteiger charge is 2.40. The molecule has 1 aromatic rings. The van der Waals surface area contributed by atoms with E-state index < -0.39 is 17.8 Å². The van der Waals surface area contributed by atoms with Gasteiger partial charge in [0.05, 0.1) is 12.2 Å². The van der Waals surface area contributed by atoms with E-state index in [1.165, 1.54) is 25.0 Å². The van der Waals surface area contributed by atoms with Gasteiger partial charge in [0.1, 0.15) is 11.9 Å². The number of carboxylic acids is 1. The molecule has 1 saturated heterocycles. The largest absolute Gasteiger partial charge is 0.480 e. The topological polar surface area (TPSA) is 59.0 Å². The highest BCUT2D eigenvalue weighted by atomic mass is 19.1. The number of halogens is 1. The maximum Gasteiger partial charge on any atom is 0.325 e. The summed E-state index contributed by atoms with van der Waals surface area (Å²) in [7, 11) is 1.68. The molecule has 1 aliphatic heterocycles. The Morgan fingerprint density at radius 2 is 1.83 bits per heavy atom. The zero-order valence-corrected chi connectivity index (χ0v) is 23.3. The highest BCUT2D eigenvalue weighted by molar-refractivity contribution is 5.76. The van der Waals surface area contributed by atoms with Gasteiger partial charge in [-0.2, -0.15) is 0 Å². The van der Waals surface area contributed by atoms with Crippen molar-refractivity contribution in [3.8, 4) is 0 Å². The summed E-state index contributed by atoms with van der Waals surface area (Å²) in [5.41, 5.74) is 1.41. The second-order valence-corrected chi connectivity index (χ2v) is 9.68. The van der Waals surface area contributed by atoms with Gasteiger partial charge in [-0.05, 0) is 55.4 Å². The molecule has 1 heterocycles. The van der Waals surface area contributed by atoms with E-state index in [0.717, 1.165) is 50.5 Å². The van der Waals surface area contributed by atoms with Gasteiger partial charge in [0.25, 0.3) is 0 Å². The molecule has 206 valence electrons. The van der Waals surface area contributed by atoms with Crippen LogP contribution in [0.3, 0.4) is 0 Å². The van der Waals surface area contributed by atoms with Crippen molar-refractivity contribution in [3.63, 3.8) is 0 Å². The normalized spacial score (nSPS) is 16.4. The molecule has 1 aromatic carbocycles. The van der Waals surface area contributed by atoms with E-state index in [2.05, 4.69) is 34.3 Å². The lowest BCUT2D eigenvalue weighted by Gasteiger charge is -2.43. The van der Waals surface area contributed by atoms with E-state index in [-0.39, 0.29) is 18.1 Å². The smallest absolute Gasteiger partial charge is 0.325 e. The third-order valence-electron chi connectivity index (χ3n) is 6.88. The van der Waals surface area contributed by atoms with E-state index in [4.69, 9.17) is 9.47 Å². The lowest BCUT2D eigenvalue weighted by molar-refractivity contribution is -0.151. The van der Waals surface area contributed by atoms with Crippen molar-refractivity contribution in [1.29, 1.82) is 0 Å². The van der Waals surface area contributed by atoms with Crippen LogP contribution in [0.4, 0.5) is 4.39 Å².